The molecule has 0 N–H and O–H groups in total. The number of halogens is 2. The zero-order chi connectivity index (χ0) is 13.0. The van der Waals surface area contributed by atoms with E-state index in [1.165, 1.54) is 0 Å². The molecular formula is C13H11BrClNO2. The summed E-state index contributed by atoms with van der Waals surface area (Å²) in [6.07, 6.45) is 1.66. The summed E-state index contributed by atoms with van der Waals surface area (Å²) in [7, 11) is 1.63. The molecule has 2 rings (SSSR count). The van der Waals surface area contributed by atoms with E-state index in [0.717, 1.165) is 21.5 Å². The molecule has 94 valence electrons. The van der Waals surface area contributed by atoms with Crippen LogP contribution in [0.4, 0.5) is 0 Å². The Labute approximate surface area is 119 Å². The van der Waals surface area contributed by atoms with Gasteiger partial charge in [-0.1, -0.05) is 11.6 Å². The molecule has 0 aliphatic heterocycles. The van der Waals surface area contributed by atoms with Crippen LogP contribution in [0.2, 0.25) is 5.15 Å². The van der Waals surface area contributed by atoms with Gasteiger partial charge in [0.15, 0.2) is 0 Å². The average Bonchev–Trinajstić information content (AvgIpc) is 2.37. The van der Waals surface area contributed by atoms with E-state index in [-0.39, 0.29) is 0 Å². The van der Waals surface area contributed by atoms with Crippen molar-refractivity contribution in [1.82, 2.24) is 4.98 Å². The predicted octanol–water partition coefficient (Wildman–Crippen LogP) is 4.09. The van der Waals surface area contributed by atoms with E-state index < -0.39 is 0 Å². The molecule has 0 spiro atoms. The average molecular weight is 329 g/mol. The monoisotopic (exact) mass is 327 g/mol. The summed E-state index contributed by atoms with van der Waals surface area (Å²) >= 11 is 9.24. The molecule has 18 heavy (non-hydrogen) atoms. The third-order valence-electron chi connectivity index (χ3n) is 2.32. The van der Waals surface area contributed by atoms with Crippen LogP contribution < -0.4 is 9.47 Å². The highest BCUT2D eigenvalue weighted by atomic mass is 79.9. The summed E-state index contributed by atoms with van der Waals surface area (Å²) < 4.78 is 11.7. The van der Waals surface area contributed by atoms with Crippen molar-refractivity contribution in [3.8, 4) is 11.5 Å². The number of hydrogen-bond donors (Lipinski definition) is 0. The van der Waals surface area contributed by atoms with Gasteiger partial charge in [-0.25, -0.2) is 4.98 Å². The van der Waals surface area contributed by atoms with E-state index in [0.29, 0.717) is 11.8 Å². The molecule has 1 aromatic heterocycles. The molecule has 0 aliphatic carbocycles. The van der Waals surface area contributed by atoms with Gasteiger partial charge in [0, 0.05) is 6.20 Å². The molecule has 2 aromatic rings. The maximum Gasteiger partial charge on any atom is 0.134 e. The third-order valence-corrected chi connectivity index (χ3v) is 3.15. The van der Waals surface area contributed by atoms with Gasteiger partial charge in [0.25, 0.3) is 0 Å². The fourth-order valence-electron chi connectivity index (χ4n) is 1.42. The van der Waals surface area contributed by atoms with Crippen LogP contribution in [0.5, 0.6) is 11.5 Å². The van der Waals surface area contributed by atoms with Gasteiger partial charge in [-0.15, -0.1) is 0 Å². The Bertz CT molecular complexity index is 548. The van der Waals surface area contributed by atoms with Crippen molar-refractivity contribution in [2.24, 2.45) is 0 Å². The van der Waals surface area contributed by atoms with Gasteiger partial charge in [0.1, 0.15) is 23.3 Å². The van der Waals surface area contributed by atoms with Gasteiger partial charge in [-0.3, -0.25) is 0 Å². The predicted molar refractivity (Wildman–Crippen MR) is 74.3 cm³/mol. The number of nitrogens with zero attached hydrogens (tertiary/aromatic N) is 1. The van der Waals surface area contributed by atoms with Gasteiger partial charge >= 0.3 is 0 Å². The first-order valence-corrected chi connectivity index (χ1v) is 6.43. The number of rotatable bonds is 4. The van der Waals surface area contributed by atoms with Crippen LogP contribution >= 0.6 is 27.5 Å². The lowest BCUT2D eigenvalue weighted by Crippen LogP contribution is -1.96. The van der Waals surface area contributed by atoms with Crippen LogP contribution in [0, 0.1) is 0 Å². The molecule has 0 saturated heterocycles. The standard InChI is InChI=1S/C13H11BrClNO2/c1-17-10-2-3-12(11(14)7-10)18-8-9-4-5-16-13(15)6-9/h2-7H,8H2,1H3. The van der Waals surface area contributed by atoms with Crippen molar-refractivity contribution >= 4 is 27.5 Å². The fraction of sp³-hybridized carbons (Fsp3) is 0.154. The number of hydrogen-bond acceptors (Lipinski definition) is 3. The molecule has 0 radical (unpaired) electrons. The second kappa shape index (κ2) is 6.07. The second-order valence-electron chi connectivity index (χ2n) is 3.57. The highest BCUT2D eigenvalue weighted by Crippen LogP contribution is 2.29. The quantitative estimate of drug-likeness (QED) is 0.792. The topological polar surface area (TPSA) is 31.4 Å². The zero-order valence-electron chi connectivity index (χ0n) is 9.69. The summed E-state index contributed by atoms with van der Waals surface area (Å²) in [6, 6.07) is 9.20. The van der Waals surface area contributed by atoms with E-state index in [2.05, 4.69) is 20.9 Å². The normalized spacial score (nSPS) is 10.2. The molecule has 0 aliphatic rings. The van der Waals surface area contributed by atoms with Crippen LogP contribution in [-0.2, 0) is 6.61 Å². The second-order valence-corrected chi connectivity index (χ2v) is 4.81. The first-order valence-electron chi connectivity index (χ1n) is 5.26. The highest BCUT2D eigenvalue weighted by molar-refractivity contribution is 9.10. The summed E-state index contributed by atoms with van der Waals surface area (Å²) in [5, 5.41) is 0.463. The Balaban J connectivity index is 2.06. The Kier molecular flexibility index (Phi) is 4.44. The molecule has 1 heterocycles. The highest BCUT2D eigenvalue weighted by Gasteiger charge is 2.04. The van der Waals surface area contributed by atoms with Crippen molar-refractivity contribution in [2.45, 2.75) is 6.61 Å². The van der Waals surface area contributed by atoms with Crippen molar-refractivity contribution in [1.29, 1.82) is 0 Å². The van der Waals surface area contributed by atoms with Crippen LogP contribution in [-0.4, -0.2) is 12.1 Å². The summed E-state index contributed by atoms with van der Waals surface area (Å²) in [5.74, 6) is 1.53. The smallest absolute Gasteiger partial charge is 0.134 e. The van der Waals surface area contributed by atoms with Crippen LogP contribution in [0.1, 0.15) is 5.56 Å². The van der Waals surface area contributed by atoms with Gasteiger partial charge in [0.05, 0.1) is 11.6 Å². The molecule has 0 amide bonds. The molecule has 3 nitrogen and oxygen atoms in total. The fourth-order valence-corrected chi connectivity index (χ4v) is 2.09. The summed E-state index contributed by atoms with van der Waals surface area (Å²) in [5.41, 5.74) is 0.970. The first-order chi connectivity index (χ1) is 8.69. The summed E-state index contributed by atoms with van der Waals surface area (Å²) in [4.78, 5) is 3.92. The number of benzene rings is 1. The summed E-state index contributed by atoms with van der Waals surface area (Å²) in [6.45, 7) is 0.438. The molecule has 5 heteroatoms. The number of aromatic nitrogens is 1. The molecular weight excluding hydrogens is 318 g/mol. The van der Waals surface area contributed by atoms with Crippen LogP contribution in [0.25, 0.3) is 0 Å². The van der Waals surface area contributed by atoms with E-state index in [1.807, 2.05) is 24.3 Å². The minimum atomic E-state index is 0.438. The van der Waals surface area contributed by atoms with Crippen molar-refractivity contribution < 1.29 is 9.47 Å². The SMILES string of the molecule is COc1ccc(OCc2ccnc(Cl)c2)c(Br)c1. The lowest BCUT2D eigenvalue weighted by atomic mass is 10.3. The van der Waals surface area contributed by atoms with Crippen molar-refractivity contribution in [2.75, 3.05) is 7.11 Å². The lowest BCUT2D eigenvalue weighted by Gasteiger charge is -2.09. The third kappa shape index (κ3) is 3.37. The van der Waals surface area contributed by atoms with Gasteiger partial charge in [-0.2, -0.15) is 0 Å². The molecule has 1 aromatic carbocycles. The zero-order valence-corrected chi connectivity index (χ0v) is 12.0. The maximum atomic E-state index is 5.80. The molecule has 0 atom stereocenters. The minimum absolute atomic E-state index is 0.438. The molecule has 0 unspecified atom stereocenters. The number of methoxy groups -OCH3 is 1. The molecule has 0 fully saturated rings. The van der Waals surface area contributed by atoms with Crippen molar-refractivity contribution in [3.05, 3.63) is 51.7 Å². The number of ether oxygens (including phenoxy) is 2. The molecule has 0 bridgehead atoms. The van der Waals surface area contributed by atoms with Crippen LogP contribution in [0.15, 0.2) is 41.0 Å². The van der Waals surface area contributed by atoms with E-state index >= 15 is 0 Å². The Morgan fingerprint density at radius 3 is 2.78 bits per heavy atom. The molecule has 0 saturated carbocycles. The number of pyridine rings is 1. The largest absolute Gasteiger partial charge is 0.497 e. The van der Waals surface area contributed by atoms with E-state index in [4.69, 9.17) is 21.1 Å². The van der Waals surface area contributed by atoms with Gasteiger partial charge < -0.3 is 9.47 Å². The first kappa shape index (κ1) is 13.2. The van der Waals surface area contributed by atoms with Gasteiger partial charge in [0.2, 0.25) is 0 Å². The van der Waals surface area contributed by atoms with E-state index in [9.17, 15) is 0 Å². The Morgan fingerprint density at radius 1 is 1.28 bits per heavy atom. The van der Waals surface area contributed by atoms with Gasteiger partial charge in [-0.05, 0) is 51.8 Å². The Hall–Kier alpha value is -1.26. The van der Waals surface area contributed by atoms with Crippen molar-refractivity contribution in [3.63, 3.8) is 0 Å². The minimum Gasteiger partial charge on any atom is -0.497 e. The van der Waals surface area contributed by atoms with Crippen LogP contribution in [0.3, 0.4) is 0 Å². The Morgan fingerprint density at radius 2 is 2.11 bits per heavy atom. The maximum absolute atomic E-state index is 5.80. The van der Waals surface area contributed by atoms with E-state index in [1.54, 1.807) is 19.4 Å². The lowest BCUT2D eigenvalue weighted by molar-refractivity contribution is 0.303.